The number of hydrogen-bond acceptors (Lipinski definition) is 7. The molecule has 3 aliphatic rings. The number of unbranched alkanes of at least 4 members (excludes halogenated alkanes) is 5. The number of hydrogen-bond donors (Lipinski definition) is 0. The number of carbonyl (C=O) groups excluding carboxylic acids is 3. The van der Waals surface area contributed by atoms with Crippen LogP contribution in [0.5, 0.6) is 11.5 Å². The Morgan fingerprint density at radius 2 is 1.65 bits per heavy atom. The van der Waals surface area contributed by atoms with Gasteiger partial charge in [-0.1, -0.05) is 25.7 Å². The van der Waals surface area contributed by atoms with E-state index < -0.39 is 0 Å². The standard InChI is InChI=1S/C28H41N3O6/c1-20(32)30-16-17-31(28(30)34)21-11-14-29(15-12-21)13-9-7-5-4-6-8-10-24-23-18-22(35-2)19-25(36-3)26(23)27(33)37-24/h18-19,21,24H,4-17H2,1-3H3/t24-/m1/s1. The second-order valence-electron chi connectivity index (χ2n) is 10.3. The lowest BCUT2D eigenvalue weighted by Crippen LogP contribution is -2.47. The van der Waals surface area contributed by atoms with Gasteiger partial charge >= 0.3 is 12.0 Å². The second-order valence-corrected chi connectivity index (χ2v) is 10.3. The fourth-order valence-corrected chi connectivity index (χ4v) is 5.84. The van der Waals surface area contributed by atoms with E-state index >= 15 is 0 Å². The zero-order valence-corrected chi connectivity index (χ0v) is 22.5. The SMILES string of the molecule is COc1cc(OC)c2c(c1)[C@@H](CCCCCCCCN1CCC(N3CCN(C(C)=O)C3=O)CC1)OC2=O. The van der Waals surface area contributed by atoms with Crippen LogP contribution in [0.2, 0.25) is 0 Å². The number of carbonyl (C=O) groups is 3. The first kappa shape index (κ1) is 27.2. The highest BCUT2D eigenvalue weighted by Gasteiger charge is 2.37. The molecule has 0 bridgehead atoms. The summed E-state index contributed by atoms with van der Waals surface area (Å²) in [4.78, 5) is 42.1. The first-order valence-electron chi connectivity index (χ1n) is 13.7. The number of imide groups is 1. The van der Waals surface area contributed by atoms with E-state index in [0.29, 0.717) is 30.2 Å². The van der Waals surface area contributed by atoms with E-state index in [1.165, 1.54) is 37.5 Å². The molecule has 3 amide bonds. The van der Waals surface area contributed by atoms with Crippen molar-refractivity contribution < 1.29 is 28.6 Å². The molecule has 0 saturated carbocycles. The third kappa shape index (κ3) is 6.37. The molecule has 3 heterocycles. The maximum atomic E-state index is 12.4. The Balaban J connectivity index is 1.07. The van der Waals surface area contributed by atoms with Gasteiger partial charge in [0.25, 0.3) is 0 Å². The molecular weight excluding hydrogens is 474 g/mol. The lowest BCUT2D eigenvalue weighted by Gasteiger charge is -2.36. The number of rotatable bonds is 12. The molecule has 2 fully saturated rings. The molecule has 0 unspecified atom stereocenters. The Bertz CT molecular complexity index is 975. The summed E-state index contributed by atoms with van der Waals surface area (Å²) < 4.78 is 16.4. The number of ether oxygens (including phenoxy) is 3. The van der Waals surface area contributed by atoms with Gasteiger partial charge in [-0.15, -0.1) is 0 Å². The van der Waals surface area contributed by atoms with Crippen LogP contribution in [-0.4, -0.2) is 85.6 Å². The van der Waals surface area contributed by atoms with Crippen LogP contribution < -0.4 is 9.47 Å². The smallest absolute Gasteiger partial charge is 0.342 e. The fourth-order valence-electron chi connectivity index (χ4n) is 5.84. The molecule has 1 aromatic carbocycles. The maximum absolute atomic E-state index is 12.4. The average Bonchev–Trinajstić information content (AvgIpc) is 3.44. The van der Waals surface area contributed by atoms with Gasteiger partial charge in [0.05, 0.1) is 14.2 Å². The van der Waals surface area contributed by atoms with Crippen molar-refractivity contribution in [1.82, 2.24) is 14.7 Å². The third-order valence-corrected chi connectivity index (χ3v) is 7.97. The van der Waals surface area contributed by atoms with E-state index in [2.05, 4.69) is 4.90 Å². The van der Waals surface area contributed by atoms with E-state index in [0.717, 1.165) is 57.3 Å². The minimum absolute atomic E-state index is 0.110. The van der Waals surface area contributed by atoms with E-state index in [-0.39, 0.29) is 30.1 Å². The summed E-state index contributed by atoms with van der Waals surface area (Å²) in [6.07, 6.45) is 9.51. The molecule has 0 radical (unpaired) electrons. The number of likely N-dealkylation sites (tertiary alicyclic amines) is 1. The van der Waals surface area contributed by atoms with Gasteiger partial charge in [0.2, 0.25) is 5.91 Å². The molecule has 0 N–H and O–H groups in total. The minimum atomic E-state index is -0.311. The van der Waals surface area contributed by atoms with Gasteiger partial charge in [0.1, 0.15) is 23.2 Å². The number of urea groups is 1. The number of fused-ring (bicyclic) bond motifs is 1. The monoisotopic (exact) mass is 515 g/mol. The third-order valence-electron chi connectivity index (χ3n) is 7.97. The molecule has 4 rings (SSSR count). The van der Waals surface area contributed by atoms with Crippen LogP contribution in [0, 0.1) is 0 Å². The first-order chi connectivity index (χ1) is 17.9. The molecule has 3 aliphatic heterocycles. The summed E-state index contributed by atoms with van der Waals surface area (Å²) >= 11 is 0. The molecule has 2 saturated heterocycles. The molecular formula is C28H41N3O6. The highest BCUT2D eigenvalue weighted by Crippen LogP contribution is 2.41. The second kappa shape index (κ2) is 12.6. The van der Waals surface area contributed by atoms with E-state index in [1.54, 1.807) is 20.3 Å². The van der Waals surface area contributed by atoms with E-state index in [1.807, 2.05) is 11.0 Å². The summed E-state index contributed by atoms with van der Waals surface area (Å²) in [6, 6.07) is 3.77. The van der Waals surface area contributed by atoms with Gasteiger partial charge in [-0.3, -0.25) is 9.69 Å². The Morgan fingerprint density at radius 3 is 2.30 bits per heavy atom. The summed E-state index contributed by atoms with van der Waals surface area (Å²) in [5, 5.41) is 0. The van der Waals surface area contributed by atoms with Gasteiger partial charge in [-0.25, -0.2) is 9.59 Å². The highest BCUT2D eigenvalue weighted by atomic mass is 16.6. The fraction of sp³-hybridized carbons (Fsp3) is 0.679. The predicted octanol–water partition coefficient (Wildman–Crippen LogP) is 4.39. The van der Waals surface area contributed by atoms with Crippen LogP contribution >= 0.6 is 0 Å². The highest BCUT2D eigenvalue weighted by molar-refractivity contribution is 5.97. The molecule has 204 valence electrons. The predicted molar refractivity (Wildman–Crippen MR) is 139 cm³/mol. The molecule has 9 heteroatoms. The van der Waals surface area contributed by atoms with E-state index in [4.69, 9.17) is 14.2 Å². The molecule has 1 aromatic rings. The number of cyclic esters (lactones) is 1. The number of benzene rings is 1. The van der Waals surface area contributed by atoms with Crippen molar-refractivity contribution in [3.63, 3.8) is 0 Å². The maximum Gasteiger partial charge on any atom is 0.342 e. The van der Waals surface area contributed by atoms with Crippen molar-refractivity contribution in [2.45, 2.75) is 76.9 Å². The number of nitrogens with zero attached hydrogens (tertiary/aromatic N) is 3. The van der Waals surface area contributed by atoms with E-state index in [9.17, 15) is 14.4 Å². The molecule has 37 heavy (non-hydrogen) atoms. The molecule has 9 nitrogen and oxygen atoms in total. The van der Waals surface area contributed by atoms with Gasteiger partial charge < -0.3 is 24.0 Å². The summed E-state index contributed by atoms with van der Waals surface area (Å²) in [5.41, 5.74) is 1.40. The van der Waals surface area contributed by atoms with Crippen molar-refractivity contribution in [1.29, 1.82) is 0 Å². The zero-order valence-electron chi connectivity index (χ0n) is 22.5. The van der Waals surface area contributed by atoms with Gasteiger partial charge in [0.15, 0.2) is 0 Å². The Kier molecular flexibility index (Phi) is 9.29. The molecule has 0 aromatic heterocycles. The van der Waals surface area contributed by atoms with Gasteiger partial charge in [0, 0.05) is 50.8 Å². The average molecular weight is 516 g/mol. The number of amides is 3. The molecule has 0 spiro atoms. The quantitative estimate of drug-likeness (QED) is 0.301. The van der Waals surface area contributed by atoms with Gasteiger partial charge in [-0.2, -0.15) is 0 Å². The molecule has 0 aliphatic carbocycles. The van der Waals surface area contributed by atoms with Crippen molar-refractivity contribution >= 4 is 17.9 Å². The van der Waals surface area contributed by atoms with Crippen molar-refractivity contribution in [3.8, 4) is 11.5 Å². The van der Waals surface area contributed by atoms with Crippen molar-refractivity contribution in [3.05, 3.63) is 23.3 Å². The first-order valence-corrected chi connectivity index (χ1v) is 13.7. The van der Waals surface area contributed by atoms with Crippen LogP contribution in [0.1, 0.15) is 86.7 Å². The lowest BCUT2D eigenvalue weighted by atomic mass is 9.98. The summed E-state index contributed by atoms with van der Waals surface area (Å²) in [7, 11) is 3.16. The minimum Gasteiger partial charge on any atom is -0.497 e. The van der Waals surface area contributed by atoms with Crippen molar-refractivity contribution in [2.75, 3.05) is 46.9 Å². The lowest BCUT2D eigenvalue weighted by molar-refractivity contribution is -0.125. The van der Waals surface area contributed by atoms with Crippen LogP contribution in [0.3, 0.4) is 0 Å². The topological polar surface area (TPSA) is 88.6 Å². The zero-order chi connectivity index (χ0) is 26.4. The number of esters is 1. The summed E-state index contributed by atoms with van der Waals surface area (Å²) in [5.74, 6) is 0.717. The van der Waals surface area contributed by atoms with Gasteiger partial charge in [-0.05, 0) is 44.7 Å². The number of methoxy groups -OCH3 is 2. The Morgan fingerprint density at radius 1 is 0.946 bits per heavy atom. The molecule has 1 atom stereocenters. The normalized spacial score (nSPS) is 20.4. The van der Waals surface area contributed by atoms with Crippen molar-refractivity contribution in [2.24, 2.45) is 0 Å². The van der Waals surface area contributed by atoms with Crippen LogP contribution in [0.25, 0.3) is 0 Å². The van der Waals surface area contributed by atoms with Crippen LogP contribution in [0.4, 0.5) is 4.79 Å². The largest absolute Gasteiger partial charge is 0.497 e. The number of piperidine rings is 1. The van der Waals surface area contributed by atoms with Crippen LogP contribution in [-0.2, 0) is 9.53 Å². The van der Waals surface area contributed by atoms with Crippen LogP contribution in [0.15, 0.2) is 12.1 Å². The Hall–Kier alpha value is -2.81. The Labute approximate surface area is 220 Å². The summed E-state index contributed by atoms with van der Waals surface area (Å²) in [6.45, 7) is 5.80.